The molecule has 0 fully saturated rings. The molecule has 2 nitrogen and oxygen atoms in total. The molecule has 0 atom stereocenters. The summed E-state index contributed by atoms with van der Waals surface area (Å²) in [4.78, 5) is 1.10. The van der Waals surface area contributed by atoms with E-state index in [0.29, 0.717) is 0 Å². The van der Waals surface area contributed by atoms with Gasteiger partial charge in [0.25, 0.3) is 0 Å². The third-order valence-electron chi connectivity index (χ3n) is 1.78. The van der Waals surface area contributed by atoms with Gasteiger partial charge in [0.2, 0.25) is 0 Å². The molecule has 5 heteroatoms. The average Bonchev–Trinajstić information content (AvgIpc) is 2.49. The predicted molar refractivity (Wildman–Crippen MR) is 75.2 cm³/mol. The molecule has 1 heterocycles. The molecule has 0 saturated carbocycles. The minimum Gasteiger partial charge on any atom is -0.396 e. The number of nitrogens with two attached hydrogens (primary N) is 2. The van der Waals surface area contributed by atoms with Gasteiger partial charge in [-0.1, -0.05) is 13.8 Å². The van der Waals surface area contributed by atoms with Crippen molar-refractivity contribution in [3.8, 4) is 0 Å². The van der Waals surface area contributed by atoms with Crippen LogP contribution < -0.4 is 11.5 Å². The number of thioether (sulfide) groups is 2. The van der Waals surface area contributed by atoms with Crippen molar-refractivity contribution in [3.05, 3.63) is 0 Å². The maximum absolute atomic E-state index is 6.07. The number of hydrogen-bond acceptors (Lipinski definition) is 5. The summed E-state index contributed by atoms with van der Waals surface area (Å²) < 4.78 is 1.19. The maximum Gasteiger partial charge on any atom is 0.103 e. The quantitative estimate of drug-likeness (QED) is 0.763. The van der Waals surface area contributed by atoms with E-state index in [4.69, 9.17) is 11.5 Å². The van der Waals surface area contributed by atoms with E-state index in [1.165, 1.54) is 10.6 Å². The van der Waals surface area contributed by atoms with Crippen LogP contribution in [0.25, 0.3) is 0 Å². The van der Waals surface area contributed by atoms with Crippen LogP contribution >= 0.6 is 34.9 Å². The van der Waals surface area contributed by atoms with Gasteiger partial charge in [-0.25, -0.2) is 0 Å². The lowest BCUT2D eigenvalue weighted by Crippen LogP contribution is -1.89. The summed E-state index contributed by atoms with van der Waals surface area (Å²) in [5, 5.41) is 0.879. The second kappa shape index (κ2) is 6.55. The third kappa shape index (κ3) is 3.50. The number of nitrogen functional groups attached to an aromatic ring is 2. The number of hydrogen-bond donors (Lipinski definition) is 2. The fourth-order valence-corrected chi connectivity index (χ4v) is 4.34. The molecule has 86 valence electrons. The van der Waals surface area contributed by atoms with Gasteiger partial charge in [0.1, 0.15) is 5.00 Å². The highest BCUT2D eigenvalue weighted by Crippen LogP contribution is 2.45. The van der Waals surface area contributed by atoms with E-state index in [0.717, 1.165) is 33.5 Å². The van der Waals surface area contributed by atoms with Crippen LogP contribution in [0.3, 0.4) is 0 Å². The van der Waals surface area contributed by atoms with Gasteiger partial charge >= 0.3 is 0 Å². The monoisotopic (exact) mass is 262 g/mol. The molecule has 0 bridgehead atoms. The van der Waals surface area contributed by atoms with Crippen molar-refractivity contribution in [2.75, 3.05) is 23.0 Å². The molecule has 1 rings (SSSR count). The fraction of sp³-hybridized carbons (Fsp3) is 0.600. The fourth-order valence-electron chi connectivity index (χ4n) is 1.08. The van der Waals surface area contributed by atoms with Crippen LogP contribution in [0.2, 0.25) is 0 Å². The van der Waals surface area contributed by atoms with Crippen LogP contribution in [-0.4, -0.2) is 11.5 Å². The summed E-state index contributed by atoms with van der Waals surface area (Å²) in [5.41, 5.74) is 12.9. The highest BCUT2D eigenvalue weighted by molar-refractivity contribution is 8.02. The van der Waals surface area contributed by atoms with Crippen LogP contribution in [0.5, 0.6) is 0 Å². The second-order valence-corrected chi connectivity index (χ2v) is 6.71. The Hall–Kier alpha value is -0.000000000000000111. The standard InChI is InChI=1S/C10H18N2S3/c1-3-5-13-8-7(11)10(14-6-4-2)15-9(8)12/h3-6,11-12H2,1-2H3. The maximum atomic E-state index is 6.07. The molecule has 0 saturated heterocycles. The van der Waals surface area contributed by atoms with Crippen LogP contribution in [-0.2, 0) is 0 Å². The van der Waals surface area contributed by atoms with Gasteiger partial charge < -0.3 is 11.5 Å². The van der Waals surface area contributed by atoms with Gasteiger partial charge in [-0.15, -0.1) is 34.9 Å². The smallest absolute Gasteiger partial charge is 0.103 e. The van der Waals surface area contributed by atoms with Gasteiger partial charge in [0.15, 0.2) is 0 Å². The van der Waals surface area contributed by atoms with Crippen LogP contribution in [0, 0.1) is 0 Å². The lowest BCUT2D eigenvalue weighted by atomic mass is 10.5. The lowest BCUT2D eigenvalue weighted by Gasteiger charge is -2.01. The average molecular weight is 262 g/mol. The first-order chi connectivity index (χ1) is 7.20. The van der Waals surface area contributed by atoms with E-state index in [9.17, 15) is 0 Å². The largest absolute Gasteiger partial charge is 0.396 e. The molecule has 0 unspecified atom stereocenters. The van der Waals surface area contributed by atoms with Crippen LogP contribution in [0.4, 0.5) is 10.7 Å². The minimum absolute atomic E-state index is 0.879. The topological polar surface area (TPSA) is 52.0 Å². The van der Waals surface area contributed by atoms with Crippen molar-refractivity contribution in [3.63, 3.8) is 0 Å². The molecule has 0 spiro atoms. The molecule has 0 amide bonds. The third-order valence-corrected chi connectivity index (χ3v) is 5.78. The van der Waals surface area contributed by atoms with Gasteiger partial charge in [-0.3, -0.25) is 0 Å². The van der Waals surface area contributed by atoms with Gasteiger partial charge in [-0.05, 0) is 24.3 Å². The summed E-state index contributed by atoms with van der Waals surface area (Å²) in [6.07, 6.45) is 2.32. The van der Waals surface area contributed by atoms with Crippen molar-refractivity contribution in [1.29, 1.82) is 0 Å². The zero-order valence-corrected chi connectivity index (χ0v) is 11.7. The van der Waals surface area contributed by atoms with E-state index in [2.05, 4.69) is 13.8 Å². The minimum atomic E-state index is 0.879. The molecule has 1 aromatic heterocycles. The van der Waals surface area contributed by atoms with Crippen LogP contribution in [0.15, 0.2) is 9.10 Å². The van der Waals surface area contributed by atoms with E-state index in [1.807, 2.05) is 11.8 Å². The van der Waals surface area contributed by atoms with Crippen molar-refractivity contribution in [2.45, 2.75) is 35.8 Å². The Kier molecular flexibility index (Phi) is 5.71. The second-order valence-electron chi connectivity index (χ2n) is 3.19. The molecule has 15 heavy (non-hydrogen) atoms. The first-order valence-electron chi connectivity index (χ1n) is 5.14. The molecule has 0 aliphatic heterocycles. The summed E-state index contributed by atoms with van der Waals surface area (Å²) >= 11 is 5.22. The SMILES string of the molecule is CCCSc1sc(N)c(SCCC)c1N. The Bertz CT molecular complexity index is 310. The molecular formula is C10H18N2S3. The van der Waals surface area contributed by atoms with Crippen molar-refractivity contribution < 1.29 is 0 Å². The van der Waals surface area contributed by atoms with E-state index < -0.39 is 0 Å². The molecule has 0 aromatic carbocycles. The zero-order chi connectivity index (χ0) is 11.3. The Labute approximate surface area is 104 Å². The molecule has 0 aliphatic carbocycles. The number of anilines is 2. The molecule has 0 radical (unpaired) electrons. The first kappa shape index (κ1) is 13.1. The highest BCUT2D eigenvalue weighted by atomic mass is 32.2. The molecule has 4 N–H and O–H groups in total. The van der Waals surface area contributed by atoms with Crippen molar-refractivity contribution in [1.82, 2.24) is 0 Å². The molecular weight excluding hydrogens is 244 g/mol. The summed E-state index contributed by atoms with van der Waals surface area (Å²) in [6, 6.07) is 0. The van der Waals surface area contributed by atoms with E-state index >= 15 is 0 Å². The Morgan fingerprint density at radius 3 is 2.27 bits per heavy atom. The summed E-state index contributed by atoms with van der Waals surface area (Å²) in [6.45, 7) is 4.34. The Balaban J connectivity index is 2.74. The molecule has 0 aliphatic rings. The van der Waals surface area contributed by atoms with Crippen molar-refractivity contribution in [2.24, 2.45) is 0 Å². The lowest BCUT2D eigenvalue weighted by molar-refractivity contribution is 1.10. The first-order valence-corrected chi connectivity index (χ1v) is 7.92. The normalized spacial score (nSPS) is 10.8. The Morgan fingerprint density at radius 1 is 1.07 bits per heavy atom. The predicted octanol–water partition coefficient (Wildman–Crippen LogP) is 3.92. The Morgan fingerprint density at radius 2 is 1.67 bits per heavy atom. The van der Waals surface area contributed by atoms with Gasteiger partial charge in [0, 0.05) is 0 Å². The number of thiophene rings is 1. The van der Waals surface area contributed by atoms with Crippen molar-refractivity contribution >= 4 is 45.5 Å². The van der Waals surface area contributed by atoms with Gasteiger partial charge in [0.05, 0.1) is 14.8 Å². The molecule has 1 aromatic rings. The zero-order valence-electron chi connectivity index (χ0n) is 9.21. The number of rotatable bonds is 6. The van der Waals surface area contributed by atoms with E-state index in [-0.39, 0.29) is 0 Å². The van der Waals surface area contributed by atoms with Crippen LogP contribution in [0.1, 0.15) is 26.7 Å². The summed E-state index contributed by atoms with van der Waals surface area (Å²) in [7, 11) is 0. The summed E-state index contributed by atoms with van der Waals surface area (Å²) in [5.74, 6) is 2.20. The highest BCUT2D eigenvalue weighted by Gasteiger charge is 2.13. The van der Waals surface area contributed by atoms with Gasteiger partial charge in [-0.2, -0.15) is 0 Å². The van der Waals surface area contributed by atoms with E-state index in [1.54, 1.807) is 23.1 Å².